The molecule has 1 aliphatic rings. The molecule has 5 heteroatoms. The highest BCUT2D eigenvalue weighted by atomic mass is 16.2. The molecule has 1 aliphatic heterocycles. The van der Waals surface area contributed by atoms with Crippen LogP contribution in [0.25, 0.3) is 0 Å². The summed E-state index contributed by atoms with van der Waals surface area (Å²) in [5.74, 6) is 0. The molecule has 0 spiro atoms. The van der Waals surface area contributed by atoms with Gasteiger partial charge in [0.15, 0.2) is 0 Å². The second-order valence-corrected chi connectivity index (χ2v) is 3.08. The lowest BCUT2D eigenvalue weighted by atomic mass is 10.3. The molecule has 1 fully saturated rings. The number of piperazine rings is 1. The third-order valence-electron chi connectivity index (χ3n) is 2.12. The number of allylic oxidation sites excluding steroid dienone is 1. The van der Waals surface area contributed by atoms with Crippen LogP contribution in [0.3, 0.4) is 0 Å². The van der Waals surface area contributed by atoms with E-state index in [0.29, 0.717) is 26.2 Å². The van der Waals surface area contributed by atoms with Crippen molar-refractivity contribution < 1.29 is 9.59 Å². The first-order valence-electron chi connectivity index (χ1n) is 4.64. The van der Waals surface area contributed by atoms with E-state index in [0.717, 1.165) is 6.41 Å². The molecule has 1 rings (SSSR count). The van der Waals surface area contributed by atoms with Crippen molar-refractivity contribution in [2.24, 2.45) is 0 Å². The average Bonchev–Trinajstić information content (AvgIpc) is 2.26. The molecule has 0 radical (unpaired) electrons. The highest BCUT2D eigenvalue weighted by Crippen LogP contribution is 1.99. The number of hydrogen-bond acceptors (Lipinski definition) is 2. The molecule has 0 aromatic heterocycles. The Morgan fingerprint density at radius 1 is 1.29 bits per heavy atom. The number of nitrogens with one attached hydrogen (secondary N) is 1. The van der Waals surface area contributed by atoms with Gasteiger partial charge in [0.05, 0.1) is 0 Å². The van der Waals surface area contributed by atoms with Crippen molar-refractivity contribution in [1.29, 1.82) is 0 Å². The second kappa shape index (κ2) is 5.26. The van der Waals surface area contributed by atoms with E-state index in [1.807, 2.05) is 6.92 Å². The Morgan fingerprint density at radius 3 is 2.43 bits per heavy atom. The van der Waals surface area contributed by atoms with Crippen LogP contribution < -0.4 is 5.32 Å². The van der Waals surface area contributed by atoms with Gasteiger partial charge in [-0.15, -0.1) is 0 Å². The predicted octanol–water partition coefficient (Wildman–Crippen LogP) is 0.00360. The summed E-state index contributed by atoms with van der Waals surface area (Å²) in [7, 11) is 0. The van der Waals surface area contributed by atoms with Gasteiger partial charge in [-0.3, -0.25) is 4.79 Å². The minimum absolute atomic E-state index is 0.103. The summed E-state index contributed by atoms with van der Waals surface area (Å²) >= 11 is 0. The van der Waals surface area contributed by atoms with Crippen LogP contribution in [0.5, 0.6) is 0 Å². The Bertz CT molecular complexity index is 232. The Kier molecular flexibility index (Phi) is 3.97. The Labute approximate surface area is 83.4 Å². The maximum atomic E-state index is 11.4. The number of hydrogen-bond donors (Lipinski definition) is 1. The van der Waals surface area contributed by atoms with Crippen molar-refractivity contribution in [3.63, 3.8) is 0 Å². The fourth-order valence-corrected chi connectivity index (χ4v) is 1.28. The van der Waals surface area contributed by atoms with E-state index in [4.69, 9.17) is 0 Å². The fourth-order valence-electron chi connectivity index (χ4n) is 1.28. The van der Waals surface area contributed by atoms with Gasteiger partial charge in [-0.25, -0.2) is 4.79 Å². The van der Waals surface area contributed by atoms with Gasteiger partial charge in [-0.05, 0) is 6.92 Å². The zero-order valence-corrected chi connectivity index (χ0v) is 8.27. The topological polar surface area (TPSA) is 52.7 Å². The first-order chi connectivity index (χ1) is 6.77. The minimum Gasteiger partial charge on any atom is -0.342 e. The highest BCUT2D eigenvalue weighted by Gasteiger charge is 2.18. The quantitative estimate of drug-likeness (QED) is 0.634. The number of carbonyl (C=O) groups excluding carboxylic acids is 2. The zero-order chi connectivity index (χ0) is 10.4. The van der Waals surface area contributed by atoms with E-state index in [-0.39, 0.29) is 6.03 Å². The molecule has 0 atom stereocenters. The summed E-state index contributed by atoms with van der Waals surface area (Å²) in [6, 6.07) is -0.103. The number of amides is 3. The Balaban J connectivity index is 2.33. The van der Waals surface area contributed by atoms with Crippen LogP contribution in [0, 0.1) is 0 Å². The first-order valence-corrected chi connectivity index (χ1v) is 4.64. The molecular formula is C9H15N3O2. The number of rotatable bonds is 2. The van der Waals surface area contributed by atoms with Gasteiger partial charge in [-0.2, -0.15) is 0 Å². The molecule has 0 aromatic carbocycles. The molecular weight excluding hydrogens is 182 g/mol. The Hall–Kier alpha value is -1.52. The standard InChI is InChI=1S/C9H15N3O2/c1-2-3-10-9(14)12-6-4-11(8-13)5-7-12/h2-3,8H,4-7H2,1H3,(H,10,14)/b3-2+. The van der Waals surface area contributed by atoms with E-state index in [1.54, 1.807) is 22.1 Å². The van der Waals surface area contributed by atoms with E-state index in [9.17, 15) is 9.59 Å². The van der Waals surface area contributed by atoms with Gasteiger partial charge < -0.3 is 15.1 Å². The largest absolute Gasteiger partial charge is 0.342 e. The first kappa shape index (κ1) is 10.6. The van der Waals surface area contributed by atoms with E-state index < -0.39 is 0 Å². The van der Waals surface area contributed by atoms with E-state index >= 15 is 0 Å². The van der Waals surface area contributed by atoms with E-state index in [2.05, 4.69) is 5.32 Å². The van der Waals surface area contributed by atoms with Gasteiger partial charge in [0, 0.05) is 32.4 Å². The van der Waals surface area contributed by atoms with Crippen LogP contribution in [0.15, 0.2) is 12.3 Å². The molecule has 0 unspecified atom stereocenters. The minimum atomic E-state index is -0.103. The maximum Gasteiger partial charge on any atom is 0.321 e. The van der Waals surface area contributed by atoms with Crippen LogP contribution in [0.2, 0.25) is 0 Å². The second-order valence-electron chi connectivity index (χ2n) is 3.08. The zero-order valence-electron chi connectivity index (χ0n) is 8.27. The summed E-state index contributed by atoms with van der Waals surface area (Å²) in [5, 5.41) is 2.63. The van der Waals surface area contributed by atoms with Crippen LogP contribution in [0.1, 0.15) is 6.92 Å². The van der Waals surface area contributed by atoms with Crippen molar-refractivity contribution in [3.8, 4) is 0 Å². The lowest BCUT2D eigenvalue weighted by Gasteiger charge is -2.32. The average molecular weight is 197 g/mol. The lowest BCUT2D eigenvalue weighted by molar-refractivity contribution is -0.119. The molecule has 0 aliphatic carbocycles. The van der Waals surface area contributed by atoms with Crippen molar-refractivity contribution in [3.05, 3.63) is 12.3 Å². The molecule has 0 saturated carbocycles. The normalized spacial score (nSPS) is 17.2. The summed E-state index contributed by atoms with van der Waals surface area (Å²) in [4.78, 5) is 25.2. The summed E-state index contributed by atoms with van der Waals surface area (Å²) in [6.45, 7) is 4.27. The van der Waals surface area contributed by atoms with E-state index in [1.165, 1.54) is 0 Å². The van der Waals surface area contributed by atoms with Crippen LogP contribution in [-0.2, 0) is 4.79 Å². The molecule has 1 heterocycles. The molecule has 5 nitrogen and oxygen atoms in total. The number of urea groups is 1. The number of carbonyl (C=O) groups is 2. The van der Waals surface area contributed by atoms with Gasteiger partial charge >= 0.3 is 6.03 Å². The van der Waals surface area contributed by atoms with Gasteiger partial charge in [0.25, 0.3) is 0 Å². The summed E-state index contributed by atoms with van der Waals surface area (Å²) in [6.07, 6.45) is 4.19. The van der Waals surface area contributed by atoms with Crippen molar-refractivity contribution in [2.45, 2.75) is 6.92 Å². The summed E-state index contributed by atoms with van der Waals surface area (Å²) in [5.41, 5.74) is 0. The molecule has 1 N–H and O–H groups in total. The molecule has 0 bridgehead atoms. The summed E-state index contributed by atoms with van der Waals surface area (Å²) < 4.78 is 0. The van der Waals surface area contributed by atoms with Gasteiger partial charge in [-0.1, -0.05) is 6.08 Å². The third kappa shape index (κ3) is 2.76. The fraction of sp³-hybridized carbons (Fsp3) is 0.556. The molecule has 3 amide bonds. The molecule has 14 heavy (non-hydrogen) atoms. The van der Waals surface area contributed by atoms with Crippen LogP contribution >= 0.6 is 0 Å². The van der Waals surface area contributed by atoms with Gasteiger partial charge in [0.1, 0.15) is 0 Å². The maximum absolute atomic E-state index is 11.4. The van der Waals surface area contributed by atoms with Gasteiger partial charge in [0.2, 0.25) is 6.41 Å². The van der Waals surface area contributed by atoms with Crippen LogP contribution in [-0.4, -0.2) is 48.4 Å². The monoisotopic (exact) mass is 197 g/mol. The molecule has 0 aromatic rings. The number of nitrogens with zero attached hydrogens (tertiary/aromatic N) is 2. The molecule has 1 saturated heterocycles. The molecule has 78 valence electrons. The van der Waals surface area contributed by atoms with Crippen molar-refractivity contribution in [1.82, 2.24) is 15.1 Å². The van der Waals surface area contributed by atoms with Crippen molar-refractivity contribution in [2.75, 3.05) is 26.2 Å². The lowest BCUT2D eigenvalue weighted by Crippen LogP contribution is -2.50. The van der Waals surface area contributed by atoms with Crippen LogP contribution in [0.4, 0.5) is 4.79 Å². The smallest absolute Gasteiger partial charge is 0.321 e. The SMILES string of the molecule is C/C=C/NC(=O)N1CCN(C=O)CC1. The third-order valence-corrected chi connectivity index (χ3v) is 2.12. The van der Waals surface area contributed by atoms with Crippen molar-refractivity contribution >= 4 is 12.4 Å². The Morgan fingerprint density at radius 2 is 1.93 bits per heavy atom. The highest BCUT2D eigenvalue weighted by molar-refractivity contribution is 5.75. The predicted molar refractivity (Wildman–Crippen MR) is 52.6 cm³/mol.